The Morgan fingerprint density at radius 3 is 2.12 bits per heavy atom. The summed E-state index contributed by atoms with van der Waals surface area (Å²) < 4.78 is 3.64. The van der Waals surface area contributed by atoms with E-state index in [0.717, 1.165) is 61.6 Å². The van der Waals surface area contributed by atoms with Crippen LogP contribution in [-0.2, 0) is 0 Å². The second-order valence-electron chi connectivity index (χ2n) is 10.9. The quantitative estimate of drug-likeness (QED) is 0.161. The fourth-order valence-corrected chi connectivity index (χ4v) is 4.70. The van der Waals surface area contributed by atoms with E-state index in [4.69, 9.17) is 31.6 Å². The topological polar surface area (TPSA) is 154 Å². The maximum Gasteiger partial charge on any atom is 0.177 e. The molecule has 4 aromatic heterocycles. The summed E-state index contributed by atoms with van der Waals surface area (Å²) >= 11 is 0. The number of fused-ring (bicyclic) bond motifs is 2. The number of hydrogen-bond donors (Lipinski definition) is 5. The summed E-state index contributed by atoms with van der Waals surface area (Å²) in [5, 5.41) is 19.8. The fourth-order valence-electron chi connectivity index (χ4n) is 4.70. The first kappa shape index (κ1) is 29.0. The van der Waals surface area contributed by atoms with Gasteiger partial charge in [-0.1, -0.05) is 12.1 Å². The zero-order valence-electron chi connectivity index (χ0n) is 24.7. The largest absolute Gasteiger partial charge is 0.396 e. The molecule has 0 amide bonds. The van der Waals surface area contributed by atoms with Crippen molar-refractivity contribution < 1.29 is 0 Å². The van der Waals surface area contributed by atoms with Gasteiger partial charge in [0, 0.05) is 25.5 Å². The molecular formula is C29H41N13. The number of aromatic nitrogens is 4. The Labute approximate surface area is 246 Å². The van der Waals surface area contributed by atoms with Gasteiger partial charge in [-0.25, -0.2) is 19.0 Å². The third-order valence-corrected chi connectivity index (χ3v) is 6.83. The lowest BCUT2D eigenvalue weighted by molar-refractivity contribution is 0.405. The van der Waals surface area contributed by atoms with E-state index in [-0.39, 0.29) is 0 Å². The van der Waals surface area contributed by atoms with Crippen LogP contribution < -0.4 is 27.4 Å². The molecule has 0 spiro atoms. The molecule has 0 aliphatic carbocycles. The summed E-state index contributed by atoms with van der Waals surface area (Å²) in [5.74, 6) is 2.29. The van der Waals surface area contributed by atoms with E-state index in [0.29, 0.717) is 28.9 Å². The Morgan fingerprint density at radius 1 is 0.857 bits per heavy atom. The maximum absolute atomic E-state index is 6.51. The molecular weight excluding hydrogens is 530 g/mol. The number of dihydropyridines is 1. The first-order valence-corrected chi connectivity index (χ1v) is 14.2. The first-order chi connectivity index (χ1) is 20.3. The average molecular weight is 572 g/mol. The molecule has 0 radical (unpaired) electrons. The Morgan fingerprint density at radius 2 is 1.45 bits per heavy atom. The third-order valence-electron chi connectivity index (χ3n) is 6.83. The van der Waals surface area contributed by atoms with Crippen LogP contribution in [0.15, 0.2) is 70.5 Å². The van der Waals surface area contributed by atoms with Gasteiger partial charge in [0.15, 0.2) is 17.5 Å². The predicted octanol–water partition coefficient (Wildman–Crippen LogP) is 2.43. The van der Waals surface area contributed by atoms with Gasteiger partial charge >= 0.3 is 0 Å². The highest BCUT2D eigenvalue weighted by Gasteiger charge is 2.23. The zero-order valence-corrected chi connectivity index (χ0v) is 24.7. The smallest absolute Gasteiger partial charge is 0.177 e. The predicted molar refractivity (Wildman–Crippen MR) is 172 cm³/mol. The molecule has 0 fully saturated rings. The molecule has 0 saturated carbocycles. The van der Waals surface area contributed by atoms with Gasteiger partial charge in [0.05, 0.1) is 22.8 Å². The molecule has 13 nitrogen and oxygen atoms in total. The first-order valence-electron chi connectivity index (χ1n) is 14.2. The van der Waals surface area contributed by atoms with Crippen LogP contribution in [-0.4, -0.2) is 101 Å². The van der Waals surface area contributed by atoms with Gasteiger partial charge in [0.1, 0.15) is 17.2 Å². The molecule has 7 N–H and O–H groups in total. The number of anilines is 3. The number of nitrogens with two attached hydrogens (primary N) is 2. The zero-order chi connectivity index (χ0) is 29.6. The van der Waals surface area contributed by atoms with Crippen LogP contribution >= 0.6 is 0 Å². The molecule has 13 heteroatoms. The molecule has 1 atom stereocenters. The summed E-state index contributed by atoms with van der Waals surface area (Å²) in [6.45, 7) is 3.47. The van der Waals surface area contributed by atoms with E-state index in [1.807, 2.05) is 53.3 Å². The van der Waals surface area contributed by atoms with Crippen molar-refractivity contribution >= 4 is 45.7 Å². The minimum Gasteiger partial charge on any atom is -0.396 e. The number of nitrogens with one attached hydrogen (secondary N) is 3. The lowest BCUT2D eigenvalue weighted by atomic mass is 10.1. The van der Waals surface area contributed by atoms with Crippen molar-refractivity contribution in [2.24, 2.45) is 21.5 Å². The van der Waals surface area contributed by atoms with Crippen LogP contribution in [0.5, 0.6) is 0 Å². The number of aliphatic imine (C=N–C) groups is 2. The Bertz CT molecular complexity index is 1610. The summed E-state index contributed by atoms with van der Waals surface area (Å²) in [7, 11) is 8.25. The lowest BCUT2D eigenvalue weighted by Gasteiger charge is -2.20. The highest BCUT2D eigenvalue weighted by atomic mass is 15.3. The van der Waals surface area contributed by atoms with Crippen LogP contribution in [0.1, 0.15) is 12.8 Å². The van der Waals surface area contributed by atoms with Crippen molar-refractivity contribution in [2.75, 3.05) is 70.3 Å². The SMILES string of the molecule is CN(C)CCCNc1nn2ccccc2c1N=C1N=C(Nc2c(NCCCN(C)C)nn3ccccc23)C(N)C=C1N. The highest BCUT2D eigenvalue weighted by Crippen LogP contribution is 2.31. The van der Waals surface area contributed by atoms with Crippen LogP contribution in [0, 0.1) is 0 Å². The molecule has 0 bridgehead atoms. The molecule has 42 heavy (non-hydrogen) atoms. The van der Waals surface area contributed by atoms with Gasteiger partial charge in [0.2, 0.25) is 0 Å². The number of rotatable bonds is 12. The monoisotopic (exact) mass is 571 g/mol. The van der Waals surface area contributed by atoms with E-state index in [1.165, 1.54) is 0 Å². The van der Waals surface area contributed by atoms with Crippen molar-refractivity contribution in [2.45, 2.75) is 18.9 Å². The summed E-state index contributed by atoms with van der Waals surface area (Å²) in [4.78, 5) is 14.1. The number of nitrogens with zero attached hydrogens (tertiary/aromatic N) is 8. The minimum absolute atomic E-state index is 0.367. The van der Waals surface area contributed by atoms with Gasteiger partial charge in [0.25, 0.3) is 0 Å². The molecule has 5 rings (SSSR count). The minimum atomic E-state index is -0.545. The van der Waals surface area contributed by atoms with Crippen molar-refractivity contribution in [3.05, 3.63) is 60.6 Å². The molecule has 0 aromatic carbocycles. The second-order valence-corrected chi connectivity index (χ2v) is 10.9. The van der Waals surface area contributed by atoms with E-state index >= 15 is 0 Å². The molecule has 1 unspecified atom stereocenters. The van der Waals surface area contributed by atoms with Crippen molar-refractivity contribution in [1.82, 2.24) is 29.0 Å². The molecule has 0 saturated heterocycles. The van der Waals surface area contributed by atoms with E-state index in [2.05, 4.69) is 53.9 Å². The van der Waals surface area contributed by atoms with Crippen molar-refractivity contribution in [1.29, 1.82) is 0 Å². The molecule has 222 valence electrons. The van der Waals surface area contributed by atoms with E-state index in [1.54, 1.807) is 10.6 Å². The van der Waals surface area contributed by atoms with Gasteiger partial charge in [-0.3, -0.25) is 0 Å². The number of pyridine rings is 2. The van der Waals surface area contributed by atoms with Crippen LogP contribution in [0.4, 0.5) is 23.0 Å². The van der Waals surface area contributed by atoms with Gasteiger partial charge in [-0.15, -0.1) is 10.2 Å². The highest BCUT2D eigenvalue weighted by molar-refractivity contribution is 6.17. The lowest BCUT2D eigenvalue weighted by Crippen LogP contribution is -2.39. The normalized spacial score (nSPS) is 16.5. The Hall–Kier alpha value is -4.46. The molecule has 1 aliphatic rings. The van der Waals surface area contributed by atoms with Crippen LogP contribution in [0.3, 0.4) is 0 Å². The summed E-state index contributed by atoms with van der Waals surface area (Å²) in [5.41, 5.74) is 16.5. The second kappa shape index (κ2) is 13.0. The van der Waals surface area contributed by atoms with E-state index < -0.39 is 6.04 Å². The molecule has 1 aliphatic heterocycles. The van der Waals surface area contributed by atoms with Gasteiger partial charge in [-0.05, 0) is 84.5 Å². The average Bonchev–Trinajstić information content (AvgIpc) is 3.49. The van der Waals surface area contributed by atoms with Gasteiger partial charge < -0.3 is 37.2 Å². The molecule has 4 aromatic rings. The maximum atomic E-state index is 6.51. The number of hydrogen-bond acceptors (Lipinski definition) is 10. The van der Waals surface area contributed by atoms with Crippen molar-refractivity contribution in [3.8, 4) is 0 Å². The van der Waals surface area contributed by atoms with Crippen LogP contribution in [0.25, 0.3) is 11.0 Å². The van der Waals surface area contributed by atoms with Crippen LogP contribution in [0.2, 0.25) is 0 Å². The fraction of sp³-hybridized carbons (Fsp3) is 0.379. The van der Waals surface area contributed by atoms with Crippen molar-refractivity contribution in [3.63, 3.8) is 0 Å². The standard InChI is InChI=1S/C29H41N13/c1-39(2)15-9-13-32-28-24(22-11-5-7-17-41(22)37-28)34-26-20(30)19-21(31)27(36-26)35-25-23-12-6-8-18-42(23)38-29(25)33-14-10-16-40(3)4/h5-8,11-12,17-20H,9-10,13-16,30-31H2,1-4H3,(H,32,37)(H,33,38)(H,34,35,36). The summed E-state index contributed by atoms with van der Waals surface area (Å²) in [6.07, 6.45) is 7.51. The third kappa shape index (κ3) is 6.70. The Balaban J connectivity index is 1.46. The van der Waals surface area contributed by atoms with E-state index in [9.17, 15) is 0 Å². The van der Waals surface area contributed by atoms with Gasteiger partial charge in [-0.2, -0.15) is 0 Å². The Kier molecular flexibility index (Phi) is 9.00. The molecule has 5 heterocycles. The summed E-state index contributed by atoms with van der Waals surface area (Å²) in [6, 6.07) is 11.2. The number of amidine groups is 2.